The Balaban J connectivity index is 2.05. The van der Waals surface area contributed by atoms with E-state index in [-0.39, 0.29) is 18.0 Å². The number of benzene rings is 1. The molecule has 0 saturated heterocycles. The molecule has 0 N–H and O–H groups in total. The van der Waals surface area contributed by atoms with Gasteiger partial charge in [-0.05, 0) is 49.7 Å². The highest BCUT2D eigenvalue weighted by atomic mass is 32.2. The minimum absolute atomic E-state index is 0.0166. The molecule has 0 aliphatic carbocycles. The zero-order valence-corrected chi connectivity index (χ0v) is 16.4. The first-order valence-corrected chi connectivity index (χ1v) is 10.4. The number of nitrogens with zero attached hydrogens (tertiary/aromatic N) is 2. The zero-order valence-electron chi connectivity index (χ0n) is 14.8. The van der Waals surface area contributed by atoms with E-state index < -0.39 is 20.6 Å². The van der Waals surface area contributed by atoms with Crippen molar-refractivity contribution >= 4 is 27.0 Å². The highest BCUT2D eigenvalue weighted by Gasteiger charge is 2.32. The van der Waals surface area contributed by atoms with E-state index >= 15 is 0 Å². The molecule has 0 unspecified atom stereocenters. The summed E-state index contributed by atoms with van der Waals surface area (Å²) in [6.07, 6.45) is 1.46. The van der Waals surface area contributed by atoms with Crippen molar-refractivity contribution in [3.05, 3.63) is 79.9 Å². The van der Waals surface area contributed by atoms with E-state index in [1.165, 1.54) is 34.0 Å². The molecule has 3 rings (SSSR count). The Bertz CT molecular complexity index is 1060. The van der Waals surface area contributed by atoms with E-state index in [9.17, 15) is 18.5 Å². The van der Waals surface area contributed by atoms with E-state index in [1.54, 1.807) is 25.1 Å². The molecule has 0 spiro atoms. The van der Waals surface area contributed by atoms with Crippen LogP contribution in [0.2, 0.25) is 0 Å². The third-order valence-corrected chi connectivity index (χ3v) is 6.79. The van der Waals surface area contributed by atoms with E-state index in [0.717, 1.165) is 9.75 Å². The third-order valence-electron chi connectivity index (χ3n) is 3.97. The molecule has 0 bridgehead atoms. The number of nitro groups is 1. The molecule has 0 amide bonds. The van der Waals surface area contributed by atoms with Gasteiger partial charge >= 0.3 is 0 Å². The van der Waals surface area contributed by atoms with Crippen LogP contribution >= 0.6 is 11.3 Å². The van der Waals surface area contributed by atoms with Gasteiger partial charge in [0.15, 0.2) is 4.90 Å². The summed E-state index contributed by atoms with van der Waals surface area (Å²) in [7, 11) is -4.12. The minimum atomic E-state index is -4.12. The average molecular weight is 406 g/mol. The van der Waals surface area contributed by atoms with Crippen LogP contribution in [0.3, 0.4) is 0 Å². The lowest BCUT2D eigenvalue weighted by atomic mass is 10.2. The maximum Gasteiger partial charge on any atom is 0.289 e. The number of hydrogen-bond acceptors (Lipinski definition) is 6. The largest absolute Gasteiger partial charge is 0.468 e. The Hall–Kier alpha value is -2.49. The van der Waals surface area contributed by atoms with Crippen molar-refractivity contribution in [3.8, 4) is 0 Å². The predicted octanol–water partition coefficient (Wildman–Crippen LogP) is 4.26. The van der Waals surface area contributed by atoms with Crippen LogP contribution in [0.25, 0.3) is 0 Å². The third kappa shape index (κ3) is 4.26. The fourth-order valence-electron chi connectivity index (χ4n) is 2.67. The lowest BCUT2D eigenvalue weighted by Crippen LogP contribution is -2.30. The Morgan fingerprint density at radius 1 is 1.15 bits per heavy atom. The van der Waals surface area contributed by atoms with Crippen LogP contribution < -0.4 is 0 Å². The first-order chi connectivity index (χ1) is 12.8. The van der Waals surface area contributed by atoms with Gasteiger partial charge in [0.2, 0.25) is 0 Å². The molecular weight excluding hydrogens is 388 g/mol. The van der Waals surface area contributed by atoms with Gasteiger partial charge in [-0.25, -0.2) is 8.42 Å². The molecule has 9 heteroatoms. The summed E-state index contributed by atoms with van der Waals surface area (Å²) < 4.78 is 33.1. The second-order valence-corrected chi connectivity index (χ2v) is 9.37. The SMILES string of the molecule is Cc1ccc(S(=O)(=O)N(Cc2ccco2)Cc2ccc(C)s2)c([N+](=O)[O-])c1. The molecule has 0 aliphatic rings. The summed E-state index contributed by atoms with van der Waals surface area (Å²) in [6, 6.07) is 11.2. The van der Waals surface area contributed by atoms with Crippen molar-refractivity contribution in [3.63, 3.8) is 0 Å². The lowest BCUT2D eigenvalue weighted by Gasteiger charge is -2.20. The second-order valence-electron chi connectivity index (χ2n) is 6.09. The summed E-state index contributed by atoms with van der Waals surface area (Å²) >= 11 is 1.48. The first kappa shape index (κ1) is 19.3. The van der Waals surface area contributed by atoms with E-state index in [4.69, 9.17) is 4.42 Å². The standard InChI is InChI=1S/C18H18N2O5S2/c1-13-5-8-18(17(10-13)20(21)22)27(23,24)19(11-15-4-3-9-25-15)12-16-7-6-14(2)26-16/h3-10H,11-12H2,1-2H3. The summed E-state index contributed by atoms with van der Waals surface area (Å²) in [5, 5.41) is 11.4. The van der Waals surface area contributed by atoms with Gasteiger partial charge < -0.3 is 4.42 Å². The van der Waals surface area contributed by atoms with Gasteiger partial charge in [0.25, 0.3) is 15.7 Å². The molecule has 0 aliphatic heterocycles. The highest BCUT2D eigenvalue weighted by Crippen LogP contribution is 2.30. The van der Waals surface area contributed by atoms with Crippen LogP contribution in [0.15, 0.2) is 58.0 Å². The Morgan fingerprint density at radius 2 is 1.93 bits per heavy atom. The van der Waals surface area contributed by atoms with Gasteiger partial charge in [-0.1, -0.05) is 6.07 Å². The number of hydrogen-bond donors (Lipinski definition) is 0. The van der Waals surface area contributed by atoms with Gasteiger partial charge in [0, 0.05) is 22.4 Å². The van der Waals surface area contributed by atoms with Crippen LogP contribution in [0, 0.1) is 24.0 Å². The Labute approximate surface area is 161 Å². The average Bonchev–Trinajstić information content (AvgIpc) is 3.25. The van der Waals surface area contributed by atoms with Crippen LogP contribution in [-0.2, 0) is 23.1 Å². The van der Waals surface area contributed by atoms with Gasteiger partial charge in [-0.15, -0.1) is 11.3 Å². The van der Waals surface area contributed by atoms with Crippen LogP contribution in [0.1, 0.15) is 21.1 Å². The smallest absolute Gasteiger partial charge is 0.289 e. The van der Waals surface area contributed by atoms with Crippen LogP contribution in [-0.4, -0.2) is 17.6 Å². The number of aryl methyl sites for hydroxylation is 2. The Kier molecular flexibility index (Phi) is 5.45. The van der Waals surface area contributed by atoms with Crippen LogP contribution in [0.5, 0.6) is 0 Å². The summed E-state index contributed by atoms with van der Waals surface area (Å²) in [4.78, 5) is 12.3. The molecule has 2 heterocycles. The summed E-state index contributed by atoms with van der Waals surface area (Å²) in [5.74, 6) is 0.460. The van der Waals surface area contributed by atoms with Crippen molar-refractivity contribution < 1.29 is 17.8 Å². The minimum Gasteiger partial charge on any atom is -0.468 e. The molecule has 0 atom stereocenters. The summed E-state index contributed by atoms with van der Waals surface area (Å²) in [6.45, 7) is 3.70. The van der Waals surface area contributed by atoms with Crippen molar-refractivity contribution in [1.29, 1.82) is 0 Å². The van der Waals surface area contributed by atoms with Gasteiger partial charge in [-0.2, -0.15) is 4.31 Å². The monoisotopic (exact) mass is 406 g/mol. The van der Waals surface area contributed by atoms with E-state index in [2.05, 4.69) is 0 Å². The molecule has 2 aromatic heterocycles. The van der Waals surface area contributed by atoms with Crippen LogP contribution in [0.4, 0.5) is 5.69 Å². The molecule has 0 saturated carbocycles. The number of thiophene rings is 1. The van der Waals surface area contributed by atoms with Crippen molar-refractivity contribution in [1.82, 2.24) is 4.31 Å². The fourth-order valence-corrected chi connectivity index (χ4v) is 5.18. The van der Waals surface area contributed by atoms with Crippen molar-refractivity contribution in [2.75, 3.05) is 0 Å². The molecular formula is C18H18N2O5S2. The van der Waals surface area contributed by atoms with Gasteiger partial charge in [0.1, 0.15) is 5.76 Å². The molecule has 142 valence electrons. The maximum absolute atomic E-state index is 13.3. The van der Waals surface area contributed by atoms with Gasteiger partial charge in [0.05, 0.1) is 17.7 Å². The van der Waals surface area contributed by atoms with Crippen molar-refractivity contribution in [2.24, 2.45) is 0 Å². The number of furan rings is 1. The summed E-state index contributed by atoms with van der Waals surface area (Å²) in [5.41, 5.74) is 0.189. The molecule has 0 fully saturated rings. The van der Waals surface area contributed by atoms with Crippen molar-refractivity contribution in [2.45, 2.75) is 31.8 Å². The normalized spacial score (nSPS) is 11.8. The quantitative estimate of drug-likeness (QED) is 0.432. The second kappa shape index (κ2) is 7.63. The Morgan fingerprint density at radius 3 is 2.52 bits per heavy atom. The number of nitro benzene ring substituents is 1. The number of sulfonamides is 1. The molecule has 7 nitrogen and oxygen atoms in total. The number of rotatable bonds is 7. The lowest BCUT2D eigenvalue weighted by molar-refractivity contribution is -0.387. The first-order valence-electron chi connectivity index (χ1n) is 8.10. The van der Waals surface area contributed by atoms with Gasteiger partial charge in [-0.3, -0.25) is 10.1 Å². The zero-order chi connectivity index (χ0) is 19.6. The van der Waals surface area contributed by atoms with E-state index in [1.807, 2.05) is 19.1 Å². The molecule has 0 radical (unpaired) electrons. The highest BCUT2D eigenvalue weighted by molar-refractivity contribution is 7.89. The maximum atomic E-state index is 13.3. The fraction of sp³-hybridized carbons (Fsp3) is 0.222. The molecule has 27 heavy (non-hydrogen) atoms. The molecule has 3 aromatic rings. The predicted molar refractivity (Wildman–Crippen MR) is 102 cm³/mol. The topological polar surface area (TPSA) is 93.7 Å². The molecule has 1 aromatic carbocycles. The van der Waals surface area contributed by atoms with E-state index in [0.29, 0.717) is 11.3 Å².